The Bertz CT molecular complexity index is 617. The summed E-state index contributed by atoms with van der Waals surface area (Å²) in [6.07, 6.45) is 5.19. The number of nitrogens with zero attached hydrogens (tertiary/aromatic N) is 1. The number of rotatable bonds is 4. The molecule has 1 aromatic carbocycles. The monoisotopic (exact) mass is 300 g/mol. The first-order valence-corrected chi connectivity index (χ1v) is 8.81. The second-order valence-corrected chi connectivity index (χ2v) is 7.06. The van der Waals surface area contributed by atoms with Crippen molar-refractivity contribution in [1.29, 1.82) is 0 Å². The first-order valence-electron chi connectivity index (χ1n) is 7.93. The topological polar surface area (TPSA) is 24.9 Å². The van der Waals surface area contributed by atoms with Crippen molar-refractivity contribution in [3.63, 3.8) is 0 Å². The van der Waals surface area contributed by atoms with Crippen LogP contribution in [0, 0.1) is 6.92 Å². The van der Waals surface area contributed by atoms with E-state index in [1.807, 2.05) is 0 Å². The lowest BCUT2D eigenvalue weighted by atomic mass is 9.89. The van der Waals surface area contributed by atoms with E-state index in [9.17, 15) is 0 Å². The van der Waals surface area contributed by atoms with Crippen LogP contribution in [0.15, 0.2) is 23.6 Å². The Kier molecular flexibility index (Phi) is 4.41. The molecule has 1 heterocycles. The van der Waals surface area contributed by atoms with Crippen LogP contribution in [0.5, 0.6) is 0 Å². The molecule has 3 rings (SSSR count). The van der Waals surface area contributed by atoms with Crippen LogP contribution in [-0.2, 0) is 12.8 Å². The average Bonchev–Trinajstić information content (AvgIpc) is 2.93. The van der Waals surface area contributed by atoms with Crippen molar-refractivity contribution in [3.05, 3.63) is 51.0 Å². The SMILES string of the molecule is Cc1csc(C(C)NC(C)c2ccc3c(c2)CCCC3)n1. The molecule has 1 N–H and O–H groups in total. The van der Waals surface area contributed by atoms with Gasteiger partial charge in [-0.25, -0.2) is 4.98 Å². The van der Waals surface area contributed by atoms with E-state index < -0.39 is 0 Å². The van der Waals surface area contributed by atoms with E-state index in [2.05, 4.69) is 54.7 Å². The zero-order valence-corrected chi connectivity index (χ0v) is 14.0. The standard InChI is InChI=1S/C18H24N2S/c1-12-11-21-18(19-12)14(3)20-13(2)16-9-8-15-6-4-5-7-17(15)10-16/h8-11,13-14,20H,4-7H2,1-3H3. The van der Waals surface area contributed by atoms with Crippen LogP contribution in [0.25, 0.3) is 0 Å². The second kappa shape index (κ2) is 6.29. The van der Waals surface area contributed by atoms with Gasteiger partial charge >= 0.3 is 0 Å². The van der Waals surface area contributed by atoms with Crippen molar-refractivity contribution in [1.82, 2.24) is 10.3 Å². The molecular formula is C18H24N2S. The normalized spacial score (nSPS) is 17.3. The Morgan fingerprint density at radius 2 is 1.86 bits per heavy atom. The minimum Gasteiger partial charge on any atom is -0.302 e. The maximum Gasteiger partial charge on any atom is 0.110 e. The molecule has 0 aliphatic heterocycles. The van der Waals surface area contributed by atoms with Gasteiger partial charge in [0.2, 0.25) is 0 Å². The summed E-state index contributed by atoms with van der Waals surface area (Å²) in [4.78, 5) is 4.58. The molecule has 0 bridgehead atoms. The quantitative estimate of drug-likeness (QED) is 0.882. The summed E-state index contributed by atoms with van der Waals surface area (Å²) < 4.78 is 0. The Morgan fingerprint density at radius 1 is 1.10 bits per heavy atom. The minimum absolute atomic E-state index is 0.301. The molecule has 21 heavy (non-hydrogen) atoms. The molecule has 1 aromatic heterocycles. The predicted molar refractivity (Wildman–Crippen MR) is 89.9 cm³/mol. The number of benzene rings is 1. The highest BCUT2D eigenvalue weighted by atomic mass is 32.1. The van der Waals surface area contributed by atoms with E-state index in [-0.39, 0.29) is 0 Å². The highest BCUT2D eigenvalue weighted by Gasteiger charge is 2.16. The second-order valence-electron chi connectivity index (χ2n) is 6.17. The number of hydrogen-bond acceptors (Lipinski definition) is 3. The summed E-state index contributed by atoms with van der Waals surface area (Å²) in [6.45, 7) is 6.51. The van der Waals surface area contributed by atoms with Crippen molar-refractivity contribution < 1.29 is 0 Å². The molecule has 2 aromatic rings. The maximum absolute atomic E-state index is 4.58. The molecule has 1 aliphatic rings. The lowest BCUT2D eigenvalue weighted by Crippen LogP contribution is -2.22. The third kappa shape index (κ3) is 3.35. The molecule has 2 atom stereocenters. The van der Waals surface area contributed by atoms with E-state index in [0.29, 0.717) is 12.1 Å². The van der Waals surface area contributed by atoms with Crippen LogP contribution >= 0.6 is 11.3 Å². The number of aromatic nitrogens is 1. The summed E-state index contributed by atoms with van der Waals surface area (Å²) in [5.74, 6) is 0. The fraction of sp³-hybridized carbons (Fsp3) is 0.500. The van der Waals surface area contributed by atoms with Gasteiger partial charge in [0.25, 0.3) is 0 Å². The summed E-state index contributed by atoms with van der Waals surface area (Å²) in [6, 6.07) is 7.69. The molecule has 112 valence electrons. The van der Waals surface area contributed by atoms with Gasteiger partial charge in [-0.05, 0) is 63.1 Å². The number of nitrogens with one attached hydrogen (secondary N) is 1. The van der Waals surface area contributed by atoms with Crippen molar-refractivity contribution in [3.8, 4) is 0 Å². The maximum atomic E-state index is 4.58. The zero-order valence-electron chi connectivity index (χ0n) is 13.1. The Balaban J connectivity index is 1.71. The molecule has 1 aliphatic carbocycles. The van der Waals surface area contributed by atoms with Crippen molar-refractivity contribution in [2.75, 3.05) is 0 Å². The van der Waals surface area contributed by atoms with Gasteiger partial charge in [-0.15, -0.1) is 11.3 Å². The van der Waals surface area contributed by atoms with Crippen molar-refractivity contribution >= 4 is 11.3 Å². The van der Waals surface area contributed by atoms with Gasteiger partial charge in [0.1, 0.15) is 5.01 Å². The Morgan fingerprint density at radius 3 is 2.57 bits per heavy atom. The van der Waals surface area contributed by atoms with Gasteiger partial charge < -0.3 is 5.32 Å². The van der Waals surface area contributed by atoms with Crippen LogP contribution in [0.2, 0.25) is 0 Å². The summed E-state index contributed by atoms with van der Waals surface area (Å²) >= 11 is 1.74. The summed E-state index contributed by atoms with van der Waals surface area (Å²) in [7, 11) is 0. The molecule has 2 unspecified atom stereocenters. The minimum atomic E-state index is 0.301. The molecule has 3 heteroatoms. The fourth-order valence-corrected chi connectivity index (χ4v) is 3.95. The average molecular weight is 300 g/mol. The van der Waals surface area contributed by atoms with Gasteiger partial charge in [0, 0.05) is 17.1 Å². The number of fused-ring (bicyclic) bond motifs is 1. The largest absolute Gasteiger partial charge is 0.302 e. The van der Waals surface area contributed by atoms with E-state index in [1.165, 1.54) is 36.3 Å². The Labute approximate surface area is 131 Å². The smallest absolute Gasteiger partial charge is 0.110 e. The van der Waals surface area contributed by atoms with Crippen LogP contribution in [0.1, 0.15) is 66.2 Å². The van der Waals surface area contributed by atoms with E-state index in [0.717, 1.165) is 5.69 Å². The van der Waals surface area contributed by atoms with Gasteiger partial charge in [-0.1, -0.05) is 18.2 Å². The van der Waals surface area contributed by atoms with E-state index in [4.69, 9.17) is 0 Å². The number of aryl methyl sites for hydroxylation is 3. The lowest BCUT2D eigenvalue weighted by Gasteiger charge is -2.22. The van der Waals surface area contributed by atoms with Gasteiger partial charge in [0.05, 0.1) is 6.04 Å². The van der Waals surface area contributed by atoms with Crippen LogP contribution in [-0.4, -0.2) is 4.98 Å². The first-order chi connectivity index (χ1) is 10.1. The van der Waals surface area contributed by atoms with Crippen molar-refractivity contribution in [2.24, 2.45) is 0 Å². The van der Waals surface area contributed by atoms with Gasteiger partial charge in [-0.3, -0.25) is 0 Å². The third-order valence-electron chi connectivity index (χ3n) is 4.38. The van der Waals surface area contributed by atoms with Crippen LogP contribution < -0.4 is 5.32 Å². The van der Waals surface area contributed by atoms with Gasteiger partial charge in [0.15, 0.2) is 0 Å². The molecule has 0 radical (unpaired) electrons. The zero-order chi connectivity index (χ0) is 14.8. The van der Waals surface area contributed by atoms with E-state index in [1.54, 1.807) is 22.5 Å². The fourth-order valence-electron chi connectivity index (χ4n) is 3.14. The first kappa shape index (κ1) is 14.7. The lowest BCUT2D eigenvalue weighted by molar-refractivity contribution is 0.492. The highest BCUT2D eigenvalue weighted by Crippen LogP contribution is 2.26. The number of hydrogen-bond donors (Lipinski definition) is 1. The number of thiazole rings is 1. The summed E-state index contributed by atoms with van der Waals surface area (Å²) in [5.41, 5.74) is 5.63. The highest BCUT2D eigenvalue weighted by molar-refractivity contribution is 7.09. The van der Waals surface area contributed by atoms with Crippen LogP contribution in [0.3, 0.4) is 0 Å². The van der Waals surface area contributed by atoms with Crippen LogP contribution in [0.4, 0.5) is 0 Å². The molecule has 0 saturated carbocycles. The van der Waals surface area contributed by atoms with Gasteiger partial charge in [-0.2, -0.15) is 0 Å². The molecule has 0 fully saturated rings. The van der Waals surface area contributed by atoms with Crippen molar-refractivity contribution in [2.45, 2.75) is 58.5 Å². The molecular weight excluding hydrogens is 276 g/mol. The molecule has 0 saturated heterocycles. The summed E-state index contributed by atoms with van der Waals surface area (Å²) in [5, 5.41) is 6.98. The van der Waals surface area contributed by atoms with E-state index >= 15 is 0 Å². The molecule has 0 amide bonds. The molecule has 0 spiro atoms. The molecule has 2 nitrogen and oxygen atoms in total. The third-order valence-corrected chi connectivity index (χ3v) is 5.53. The predicted octanol–water partition coefficient (Wildman–Crippen LogP) is 4.74. The Hall–Kier alpha value is -1.19.